The molecule has 0 aliphatic heterocycles. The number of hydrogen-bond acceptors (Lipinski definition) is 3. The minimum atomic E-state index is -0.966. The first-order valence-electron chi connectivity index (χ1n) is 5.09. The van der Waals surface area contributed by atoms with E-state index < -0.39 is 5.97 Å². The van der Waals surface area contributed by atoms with E-state index in [0.29, 0.717) is 11.3 Å². The number of hydrogen-bond donors (Lipinski definition) is 1. The van der Waals surface area contributed by atoms with Gasteiger partial charge in [0.05, 0.1) is 17.0 Å². The molecule has 0 amide bonds. The van der Waals surface area contributed by atoms with Crippen LogP contribution in [0.15, 0.2) is 12.3 Å². The van der Waals surface area contributed by atoms with Crippen molar-refractivity contribution in [1.82, 2.24) is 14.6 Å². The summed E-state index contributed by atoms with van der Waals surface area (Å²) in [6.07, 6.45) is 1.40. The number of carboxylic acid groups (broad SMARTS) is 1. The van der Waals surface area contributed by atoms with Crippen LogP contribution >= 0.6 is 0 Å². The second-order valence-corrected chi connectivity index (χ2v) is 4.07. The summed E-state index contributed by atoms with van der Waals surface area (Å²) in [5.74, 6) is -0.887. The Balaban J connectivity index is 2.83. The minimum Gasteiger partial charge on any atom is -0.478 e. The number of fused-ring (bicyclic) bond motifs is 1. The lowest BCUT2D eigenvalue weighted by Gasteiger charge is -2.10. The van der Waals surface area contributed by atoms with E-state index in [-0.39, 0.29) is 11.5 Å². The van der Waals surface area contributed by atoms with Crippen LogP contribution in [0.4, 0.5) is 0 Å². The highest BCUT2D eigenvalue weighted by Gasteiger charge is 2.18. The van der Waals surface area contributed by atoms with E-state index in [9.17, 15) is 4.79 Å². The molecule has 0 fully saturated rings. The van der Waals surface area contributed by atoms with E-state index in [1.165, 1.54) is 6.20 Å². The molecular weight excluding hydrogens is 206 g/mol. The molecule has 0 bridgehead atoms. The fourth-order valence-corrected chi connectivity index (χ4v) is 1.79. The lowest BCUT2D eigenvalue weighted by molar-refractivity contribution is 0.0694. The molecule has 0 atom stereocenters. The van der Waals surface area contributed by atoms with Gasteiger partial charge in [0.2, 0.25) is 0 Å². The van der Waals surface area contributed by atoms with Gasteiger partial charge in [-0.15, -0.1) is 0 Å². The molecule has 84 valence electrons. The van der Waals surface area contributed by atoms with Crippen LogP contribution in [0.1, 0.15) is 41.5 Å². The summed E-state index contributed by atoms with van der Waals surface area (Å²) in [6, 6.07) is 1.83. The SMILES string of the molecule is Cc1cc2ncc(C(=O)O)c(C(C)C)n2n1. The largest absolute Gasteiger partial charge is 0.478 e. The normalized spacial score (nSPS) is 11.2. The molecule has 0 aromatic carbocycles. The number of carboxylic acids is 1. The number of rotatable bonds is 2. The highest BCUT2D eigenvalue weighted by molar-refractivity contribution is 5.89. The van der Waals surface area contributed by atoms with Crippen LogP contribution in [-0.2, 0) is 0 Å². The average molecular weight is 219 g/mol. The summed E-state index contributed by atoms with van der Waals surface area (Å²) >= 11 is 0. The van der Waals surface area contributed by atoms with Gasteiger partial charge in [-0.1, -0.05) is 13.8 Å². The Kier molecular flexibility index (Phi) is 2.38. The van der Waals surface area contributed by atoms with Crippen molar-refractivity contribution in [3.05, 3.63) is 29.2 Å². The second kappa shape index (κ2) is 3.59. The Morgan fingerprint density at radius 2 is 2.19 bits per heavy atom. The van der Waals surface area contributed by atoms with Gasteiger partial charge in [-0.3, -0.25) is 0 Å². The van der Waals surface area contributed by atoms with E-state index in [4.69, 9.17) is 5.11 Å². The molecule has 2 aromatic heterocycles. The van der Waals surface area contributed by atoms with Crippen LogP contribution in [0, 0.1) is 6.92 Å². The highest BCUT2D eigenvalue weighted by atomic mass is 16.4. The van der Waals surface area contributed by atoms with Crippen LogP contribution in [0.25, 0.3) is 5.65 Å². The minimum absolute atomic E-state index is 0.0795. The molecule has 0 radical (unpaired) electrons. The van der Waals surface area contributed by atoms with Crippen molar-refractivity contribution in [3.63, 3.8) is 0 Å². The molecular formula is C11H13N3O2. The molecule has 0 aliphatic carbocycles. The smallest absolute Gasteiger partial charge is 0.339 e. The number of aromatic nitrogens is 3. The summed E-state index contributed by atoms with van der Waals surface area (Å²) < 4.78 is 1.61. The van der Waals surface area contributed by atoms with E-state index in [2.05, 4.69) is 10.1 Å². The number of nitrogens with zero attached hydrogens (tertiary/aromatic N) is 3. The van der Waals surface area contributed by atoms with Crippen molar-refractivity contribution in [1.29, 1.82) is 0 Å². The van der Waals surface area contributed by atoms with Crippen molar-refractivity contribution >= 4 is 11.6 Å². The van der Waals surface area contributed by atoms with Crippen molar-refractivity contribution in [2.75, 3.05) is 0 Å². The highest BCUT2D eigenvalue weighted by Crippen LogP contribution is 2.20. The topological polar surface area (TPSA) is 67.5 Å². The third-order valence-corrected chi connectivity index (χ3v) is 2.42. The predicted molar refractivity (Wildman–Crippen MR) is 58.8 cm³/mol. The summed E-state index contributed by atoms with van der Waals surface area (Å²) in [4.78, 5) is 15.2. The molecule has 2 heterocycles. The number of carbonyl (C=O) groups is 1. The lowest BCUT2D eigenvalue weighted by atomic mass is 10.1. The first-order valence-corrected chi connectivity index (χ1v) is 5.09. The van der Waals surface area contributed by atoms with Gasteiger partial charge in [0.25, 0.3) is 0 Å². The zero-order chi connectivity index (χ0) is 11.9. The van der Waals surface area contributed by atoms with E-state index in [1.807, 2.05) is 26.8 Å². The molecule has 0 unspecified atom stereocenters. The van der Waals surface area contributed by atoms with Crippen LogP contribution in [0.3, 0.4) is 0 Å². The van der Waals surface area contributed by atoms with Gasteiger partial charge >= 0.3 is 5.97 Å². The lowest BCUT2D eigenvalue weighted by Crippen LogP contribution is -2.11. The fraction of sp³-hybridized carbons (Fsp3) is 0.364. The van der Waals surface area contributed by atoms with E-state index >= 15 is 0 Å². The Morgan fingerprint density at radius 1 is 1.50 bits per heavy atom. The van der Waals surface area contributed by atoms with Gasteiger partial charge in [0.1, 0.15) is 0 Å². The standard InChI is InChI=1S/C11H13N3O2/c1-6(2)10-8(11(15)16)5-12-9-4-7(3)13-14(9)10/h4-6H,1-3H3,(H,15,16). The van der Waals surface area contributed by atoms with Crippen molar-refractivity contribution in [3.8, 4) is 0 Å². The summed E-state index contributed by atoms with van der Waals surface area (Å²) in [5, 5.41) is 13.4. The predicted octanol–water partition coefficient (Wildman–Crippen LogP) is 1.86. The Bertz CT molecular complexity index is 558. The van der Waals surface area contributed by atoms with Crippen molar-refractivity contribution in [2.45, 2.75) is 26.7 Å². The van der Waals surface area contributed by atoms with Crippen LogP contribution in [0.5, 0.6) is 0 Å². The van der Waals surface area contributed by atoms with Crippen LogP contribution in [0.2, 0.25) is 0 Å². The molecule has 0 saturated carbocycles. The maximum Gasteiger partial charge on any atom is 0.339 e. The van der Waals surface area contributed by atoms with Crippen molar-refractivity contribution in [2.24, 2.45) is 0 Å². The average Bonchev–Trinajstić information content (AvgIpc) is 2.55. The Labute approximate surface area is 92.7 Å². The zero-order valence-corrected chi connectivity index (χ0v) is 9.43. The van der Waals surface area contributed by atoms with Crippen LogP contribution in [-0.4, -0.2) is 25.7 Å². The quantitative estimate of drug-likeness (QED) is 0.837. The second-order valence-electron chi connectivity index (χ2n) is 4.07. The zero-order valence-electron chi connectivity index (χ0n) is 9.43. The van der Waals surface area contributed by atoms with Crippen molar-refractivity contribution < 1.29 is 9.90 Å². The van der Waals surface area contributed by atoms with Crippen LogP contribution < -0.4 is 0 Å². The Morgan fingerprint density at radius 3 is 2.75 bits per heavy atom. The summed E-state index contributed by atoms with van der Waals surface area (Å²) in [7, 11) is 0. The maximum atomic E-state index is 11.1. The monoisotopic (exact) mass is 219 g/mol. The third-order valence-electron chi connectivity index (χ3n) is 2.42. The molecule has 0 saturated heterocycles. The first-order chi connectivity index (χ1) is 7.50. The Hall–Kier alpha value is -1.91. The summed E-state index contributed by atoms with van der Waals surface area (Å²) in [5.41, 5.74) is 2.42. The first kappa shape index (κ1) is 10.6. The van der Waals surface area contributed by atoms with Gasteiger partial charge in [-0.2, -0.15) is 5.10 Å². The third kappa shape index (κ3) is 1.54. The van der Waals surface area contributed by atoms with E-state index in [0.717, 1.165) is 5.69 Å². The van der Waals surface area contributed by atoms with Gasteiger partial charge in [-0.05, 0) is 12.8 Å². The molecule has 0 spiro atoms. The van der Waals surface area contributed by atoms with Gasteiger partial charge < -0.3 is 5.11 Å². The van der Waals surface area contributed by atoms with Gasteiger partial charge in [0, 0.05) is 12.3 Å². The van der Waals surface area contributed by atoms with Gasteiger partial charge in [0.15, 0.2) is 5.65 Å². The molecule has 2 aromatic rings. The molecule has 1 N–H and O–H groups in total. The molecule has 5 nitrogen and oxygen atoms in total. The molecule has 16 heavy (non-hydrogen) atoms. The van der Waals surface area contributed by atoms with E-state index in [1.54, 1.807) is 4.52 Å². The molecule has 2 rings (SSSR count). The fourth-order valence-electron chi connectivity index (χ4n) is 1.79. The van der Waals surface area contributed by atoms with Gasteiger partial charge in [-0.25, -0.2) is 14.3 Å². The summed E-state index contributed by atoms with van der Waals surface area (Å²) in [6.45, 7) is 5.75. The molecule has 5 heteroatoms. The number of aryl methyl sites for hydroxylation is 1. The maximum absolute atomic E-state index is 11.1. The molecule has 0 aliphatic rings. The number of aromatic carboxylic acids is 1.